The van der Waals surface area contributed by atoms with Gasteiger partial charge in [0.1, 0.15) is 0 Å². The molecule has 30 heavy (non-hydrogen) atoms. The molecule has 3 aromatic rings. The number of Topliss-reactive ketones (excluding diaryl/α,β-unsaturated/α-hetero) is 1. The van der Waals surface area contributed by atoms with Gasteiger partial charge in [-0.2, -0.15) is 0 Å². The van der Waals surface area contributed by atoms with Gasteiger partial charge in [0.05, 0.1) is 24.1 Å². The maximum Gasteiger partial charge on any atom is 0.208 e. The molecule has 0 aliphatic carbocycles. The van der Waals surface area contributed by atoms with Gasteiger partial charge in [-0.15, -0.1) is 0 Å². The number of hydrogen-bond donors (Lipinski definition) is 2. The number of benzene rings is 2. The van der Waals surface area contributed by atoms with E-state index in [0.29, 0.717) is 13.1 Å². The average Bonchev–Trinajstić information content (AvgIpc) is 3.12. The number of aromatic amines is 1. The van der Waals surface area contributed by atoms with Crippen molar-refractivity contribution in [1.29, 1.82) is 0 Å². The first-order valence-electron chi connectivity index (χ1n) is 10.3. The van der Waals surface area contributed by atoms with Gasteiger partial charge < -0.3 is 4.98 Å². The molecule has 1 aliphatic rings. The van der Waals surface area contributed by atoms with E-state index in [9.17, 15) is 13.2 Å². The van der Waals surface area contributed by atoms with E-state index in [1.54, 1.807) is 0 Å². The van der Waals surface area contributed by atoms with Crippen molar-refractivity contribution in [1.82, 2.24) is 14.6 Å². The molecule has 0 spiro atoms. The smallest absolute Gasteiger partial charge is 0.208 e. The summed E-state index contributed by atoms with van der Waals surface area (Å²) in [5.41, 5.74) is 3.53. The Balaban J connectivity index is 1.56. The van der Waals surface area contributed by atoms with Crippen LogP contribution < -0.4 is 4.72 Å². The highest BCUT2D eigenvalue weighted by molar-refractivity contribution is 7.88. The van der Waals surface area contributed by atoms with Crippen molar-refractivity contribution >= 4 is 26.7 Å². The average molecular weight is 426 g/mol. The molecule has 0 bridgehead atoms. The molecule has 0 amide bonds. The number of aromatic nitrogens is 1. The number of nitrogens with one attached hydrogen (secondary N) is 2. The molecule has 2 aromatic carbocycles. The number of fused-ring (bicyclic) bond motifs is 1. The molecule has 1 unspecified atom stereocenters. The number of nitrogens with zero attached hydrogens (tertiary/aromatic N) is 1. The Labute approximate surface area is 177 Å². The van der Waals surface area contributed by atoms with Crippen LogP contribution in [0.5, 0.6) is 0 Å². The summed E-state index contributed by atoms with van der Waals surface area (Å²) in [4.78, 5) is 19.0. The van der Waals surface area contributed by atoms with Gasteiger partial charge in [-0.25, -0.2) is 13.1 Å². The lowest BCUT2D eigenvalue weighted by Gasteiger charge is -2.32. The molecule has 0 saturated carbocycles. The van der Waals surface area contributed by atoms with E-state index >= 15 is 0 Å². The highest BCUT2D eigenvalue weighted by atomic mass is 32.2. The summed E-state index contributed by atoms with van der Waals surface area (Å²) in [6.07, 6.45) is 3.11. The molecule has 4 rings (SSSR count). The number of sulfonamides is 1. The molecule has 6 nitrogen and oxygen atoms in total. The number of likely N-dealkylation sites (tertiary alicyclic amines) is 1. The molecular formula is C23H27N3O3S. The largest absolute Gasteiger partial charge is 0.354 e. The zero-order valence-electron chi connectivity index (χ0n) is 17.1. The Hall–Kier alpha value is -2.48. The number of carbonyl (C=O) groups excluding carboxylic acids is 1. The summed E-state index contributed by atoms with van der Waals surface area (Å²) in [6.45, 7) is 2.32. The fraction of sp³-hybridized carbons (Fsp3) is 0.348. The quantitative estimate of drug-likeness (QED) is 0.569. The van der Waals surface area contributed by atoms with Gasteiger partial charge in [0.15, 0.2) is 5.78 Å². The van der Waals surface area contributed by atoms with Crippen LogP contribution in [0.25, 0.3) is 22.2 Å². The van der Waals surface area contributed by atoms with Gasteiger partial charge in [-0.1, -0.05) is 48.5 Å². The second-order valence-electron chi connectivity index (χ2n) is 8.07. The van der Waals surface area contributed by atoms with E-state index < -0.39 is 10.0 Å². The van der Waals surface area contributed by atoms with Crippen LogP contribution in [0.15, 0.2) is 54.6 Å². The van der Waals surface area contributed by atoms with Gasteiger partial charge in [-0.3, -0.25) is 9.69 Å². The molecule has 2 N–H and O–H groups in total. The minimum atomic E-state index is -3.20. The lowest BCUT2D eigenvalue weighted by atomic mass is 9.96. The van der Waals surface area contributed by atoms with Crippen molar-refractivity contribution in [3.05, 3.63) is 60.2 Å². The first-order valence-corrected chi connectivity index (χ1v) is 12.2. The first kappa shape index (κ1) is 20.8. The highest BCUT2D eigenvalue weighted by Gasteiger charge is 2.25. The monoisotopic (exact) mass is 425 g/mol. The lowest BCUT2D eigenvalue weighted by molar-refractivity contribution is 0.0890. The Morgan fingerprint density at radius 1 is 1.13 bits per heavy atom. The van der Waals surface area contributed by atoms with Crippen LogP contribution in [0.4, 0.5) is 0 Å². The second-order valence-corrected chi connectivity index (χ2v) is 9.91. The predicted octanol–water partition coefficient (Wildman–Crippen LogP) is 3.28. The Bertz CT molecular complexity index is 1140. The van der Waals surface area contributed by atoms with Crippen molar-refractivity contribution in [3.63, 3.8) is 0 Å². The van der Waals surface area contributed by atoms with Gasteiger partial charge >= 0.3 is 0 Å². The number of piperidine rings is 1. The lowest BCUT2D eigenvalue weighted by Crippen LogP contribution is -2.42. The number of hydrogen-bond acceptors (Lipinski definition) is 4. The molecule has 1 atom stereocenters. The van der Waals surface area contributed by atoms with Crippen LogP contribution in [-0.4, -0.2) is 56.5 Å². The third-order valence-electron chi connectivity index (χ3n) is 5.65. The van der Waals surface area contributed by atoms with Crippen LogP contribution in [0, 0.1) is 5.92 Å². The van der Waals surface area contributed by atoms with Crippen LogP contribution >= 0.6 is 0 Å². The topological polar surface area (TPSA) is 82.3 Å². The molecule has 1 aromatic heterocycles. The molecular weight excluding hydrogens is 398 g/mol. The Morgan fingerprint density at radius 3 is 2.63 bits per heavy atom. The number of rotatable bonds is 7. The molecule has 1 fully saturated rings. The van der Waals surface area contributed by atoms with E-state index in [-0.39, 0.29) is 11.7 Å². The standard InChI is InChI=1S/C23H27N3O3S/c1-30(28,29)24-14-17-8-7-13-26(15-17)16-21(27)22-19-11-5-6-12-20(19)25-23(22)18-9-3-2-4-10-18/h2-6,9-12,17,24-25H,7-8,13-16H2,1H3. The van der Waals surface area contributed by atoms with E-state index in [0.717, 1.165) is 53.7 Å². The predicted molar refractivity (Wildman–Crippen MR) is 120 cm³/mol. The summed E-state index contributed by atoms with van der Waals surface area (Å²) >= 11 is 0. The summed E-state index contributed by atoms with van der Waals surface area (Å²) in [5.74, 6) is 0.306. The summed E-state index contributed by atoms with van der Waals surface area (Å²) in [7, 11) is -3.20. The molecule has 7 heteroatoms. The van der Waals surface area contributed by atoms with E-state index in [1.807, 2.05) is 54.6 Å². The maximum absolute atomic E-state index is 13.4. The fourth-order valence-electron chi connectivity index (χ4n) is 4.27. The van der Waals surface area contributed by atoms with Crippen molar-refractivity contribution in [2.45, 2.75) is 12.8 Å². The van der Waals surface area contributed by atoms with E-state index in [4.69, 9.17) is 0 Å². The minimum Gasteiger partial charge on any atom is -0.354 e. The van der Waals surface area contributed by atoms with Gasteiger partial charge in [0.2, 0.25) is 10.0 Å². The van der Waals surface area contributed by atoms with Crippen LogP contribution in [-0.2, 0) is 10.0 Å². The van der Waals surface area contributed by atoms with E-state index in [1.165, 1.54) is 6.26 Å². The van der Waals surface area contributed by atoms with Crippen molar-refractivity contribution in [2.75, 3.05) is 32.4 Å². The van der Waals surface area contributed by atoms with Crippen LogP contribution in [0.1, 0.15) is 23.2 Å². The number of ketones is 1. The van der Waals surface area contributed by atoms with Gasteiger partial charge in [0.25, 0.3) is 0 Å². The van der Waals surface area contributed by atoms with Crippen LogP contribution in [0.2, 0.25) is 0 Å². The molecule has 0 radical (unpaired) electrons. The van der Waals surface area contributed by atoms with Crippen LogP contribution in [0.3, 0.4) is 0 Å². The zero-order valence-corrected chi connectivity index (χ0v) is 17.9. The number of para-hydroxylation sites is 1. The second kappa shape index (κ2) is 8.71. The van der Waals surface area contributed by atoms with Gasteiger partial charge in [0, 0.05) is 24.0 Å². The number of H-pyrrole nitrogens is 1. The minimum absolute atomic E-state index is 0.0861. The maximum atomic E-state index is 13.4. The Morgan fingerprint density at radius 2 is 1.87 bits per heavy atom. The molecule has 1 saturated heterocycles. The molecule has 158 valence electrons. The van der Waals surface area contributed by atoms with Crippen molar-refractivity contribution in [2.24, 2.45) is 5.92 Å². The van der Waals surface area contributed by atoms with E-state index in [2.05, 4.69) is 14.6 Å². The SMILES string of the molecule is CS(=O)(=O)NCC1CCCN(CC(=O)c2c(-c3ccccc3)[nH]c3ccccc23)C1. The molecule has 2 heterocycles. The highest BCUT2D eigenvalue weighted by Crippen LogP contribution is 2.31. The van der Waals surface area contributed by atoms with Gasteiger partial charge in [-0.05, 0) is 36.9 Å². The summed E-state index contributed by atoms with van der Waals surface area (Å²) in [5, 5.41) is 0.939. The normalized spacial score (nSPS) is 18.0. The van der Waals surface area contributed by atoms with Crippen molar-refractivity contribution < 1.29 is 13.2 Å². The Kier molecular flexibility index (Phi) is 6.04. The molecule has 1 aliphatic heterocycles. The summed E-state index contributed by atoms with van der Waals surface area (Å²) in [6, 6.07) is 17.8. The zero-order chi connectivity index (χ0) is 21.1. The van der Waals surface area contributed by atoms with Crippen molar-refractivity contribution in [3.8, 4) is 11.3 Å². The first-order chi connectivity index (χ1) is 14.4. The number of carbonyl (C=O) groups is 1. The summed E-state index contributed by atoms with van der Waals surface area (Å²) < 4.78 is 25.4. The fourth-order valence-corrected chi connectivity index (χ4v) is 4.80. The third-order valence-corrected chi connectivity index (χ3v) is 6.34. The third kappa shape index (κ3) is 4.80.